The van der Waals surface area contributed by atoms with Crippen LogP contribution in [0.25, 0.3) is 0 Å². The predicted molar refractivity (Wildman–Crippen MR) is 97.3 cm³/mol. The van der Waals surface area contributed by atoms with Crippen molar-refractivity contribution in [2.24, 2.45) is 0 Å². The Morgan fingerprint density at radius 1 is 1.09 bits per heavy atom. The number of anilines is 1. The molecule has 14 heteroatoms. The van der Waals surface area contributed by atoms with Crippen molar-refractivity contribution < 1.29 is 48.5 Å². The number of nitrogens with zero attached hydrogens (tertiary/aromatic N) is 1. The molecule has 0 fully saturated rings. The SMILES string of the molecule is CCOc1cccc(OS(=O)(=O)C(F)(F)F)c1C(=O)Nc1ccc(C#N)c(C(F)(F)F)c1. The molecule has 0 unspecified atom stereocenters. The summed E-state index contributed by atoms with van der Waals surface area (Å²) < 4.78 is 109. The normalized spacial score (nSPS) is 12.1. The van der Waals surface area contributed by atoms with E-state index < -0.39 is 55.8 Å². The molecule has 0 heterocycles. The molecule has 0 aliphatic carbocycles. The molecule has 1 N–H and O–H groups in total. The predicted octanol–water partition coefficient (Wildman–Crippen LogP) is 4.46. The zero-order valence-corrected chi connectivity index (χ0v) is 16.7. The number of alkyl halides is 6. The maximum atomic E-state index is 13.1. The summed E-state index contributed by atoms with van der Waals surface area (Å²) >= 11 is 0. The first-order valence-electron chi connectivity index (χ1n) is 8.40. The molecule has 32 heavy (non-hydrogen) atoms. The Morgan fingerprint density at radius 3 is 2.25 bits per heavy atom. The second kappa shape index (κ2) is 8.95. The molecule has 0 aliphatic rings. The Labute approximate surface area is 177 Å². The van der Waals surface area contributed by atoms with Crippen LogP contribution in [0, 0.1) is 11.3 Å². The van der Waals surface area contributed by atoms with Gasteiger partial charge in [0.2, 0.25) is 0 Å². The molecule has 0 bridgehead atoms. The summed E-state index contributed by atoms with van der Waals surface area (Å²) in [7, 11) is -6.17. The minimum absolute atomic E-state index is 0.0924. The number of carbonyl (C=O) groups is 1. The molecule has 7 nitrogen and oxygen atoms in total. The molecule has 0 aliphatic heterocycles. The van der Waals surface area contributed by atoms with E-state index in [1.54, 1.807) is 0 Å². The van der Waals surface area contributed by atoms with Gasteiger partial charge in [0, 0.05) is 5.69 Å². The highest BCUT2D eigenvalue weighted by molar-refractivity contribution is 7.88. The van der Waals surface area contributed by atoms with E-state index in [-0.39, 0.29) is 12.4 Å². The molecule has 2 aromatic carbocycles. The molecular weight excluding hydrogens is 470 g/mol. The minimum Gasteiger partial charge on any atom is -0.493 e. The van der Waals surface area contributed by atoms with Gasteiger partial charge in [-0.2, -0.15) is 40.0 Å². The van der Waals surface area contributed by atoms with Crippen LogP contribution < -0.4 is 14.2 Å². The van der Waals surface area contributed by atoms with E-state index in [0.29, 0.717) is 6.07 Å². The molecule has 2 rings (SSSR count). The van der Waals surface area contributed by atoms with Crippen molar-refractivity contribution in [1.29, 1.82) is 5.26 Å². The van der Waals surface area contributed by atoms with Crippen LogP contribution in [0.1, 0.15) is 28.4 Å². The van der Waals surface area contributed by atoms with Gasteiger partial charge in [-0.3, -0.25) is 4.79 Å². The zero-order chi connectivity index (χ0) is 24.3. The van der Waals surface area contributed by atoms with Crippen LogP contribution in [0.2, 0.25) is 0 Å². The maximum absolute atomic E-state index is 13.1. The van der Waals surface area contributed by atoms with Gasteiger partial charge < -0.3 is 14.2 Å². The Balaban J connectivity index is 2.53. The highest BCUT2D eigenvalue weighted by Gasteiger charge is 2.49. The Kier molecular flexibility index (Phi) is 6.94. The molecular formula is C18H12F6N2O5S. The Hall–Kier alpha value is -3.47. The number of nitrogens with one attached hydrogen (secondary N) is 1. The number of ether oxygens (including phenoxy) is 1. The van der Waals surface area contributed by atoms with E-state index in [4.69, 9.17) is 10.00 Å². The summed E-state index contributed by atoms with van der Waals surface area (Å²) in [4.78, 5) is 12.7. The van der Waals surface area contributed by atoms with Crippen molar-refractivity contribution in [3.05, 3.63) is 53.1 Å². The third-order valence-electron chi connectivity index (χ3n) is 3.70. The van der Waals surface area contributed by atoms with Gasteiger partial charge >= 0.3 is 21.8 Å². The first kappa shape index (κ1) is 24.8. The summed E-state index contributed by atoms with van der Waals surface area (Å²) in [6.45, 7) is 1.36. The van der Waals surface area contributed by atoms with Gasteiger partial charge in [-0.25, -0.2) is 0 Å². The van der Waals surface area contributed by atoms with Crippen LogP contribution >= 0.6 is 0 Å². The molecule has 0 atom stereocenters. The van der Waals surface area contributed by atoms with Crippen LogP contribution in [-0.2, 0) is 16.3 Å². The highest BCUT2D eigenvalue weighted by atomic mass is 32.2. The number of hydrogen-bond donors (Lipinski definition) is 1. The lowest BCUT2D eigenvalue weighted by molar-refractivity contribution is -0.137. The number of carbonyl (C=O) groups excluding carboxylic acids is 1. The fourth-order valence-corrected chi connectivity index (χ4v) is 2.86. The smallest absolute Gasteiger partial charge is 0.493 e. The van der Waals surface area contributed by atoms with Gasteiger partial charge in [-0.15, -0.1) is 0 Å². The van der Waals surface area contributed by atoms with Crippen molar-refractivity contribution in [3.63, 3.8) is 0 Å². The summed E-state index contributed by atoms with van der Waals surface area (Å²) in [5, 5.41) is 10.8. The largest absolute Gasteiger partial charge is 0.534 e. The lowest BCUT2D eigenvalue weighted by Crippen LogP contribution is -2.29. The standard InChI is InChI=1S/C18H12F6N2O5S/c1-2-30-13-4-3-5-14(31-32(28,29)18(22,23)24)15(13)16(27)26-11-7-6-10(9-25)12(8-11)17(19,20)21/h3-8H,2H2,1H3,(H,26,27). The topological polar surface area (TPSA) is 105 Å². The number of halogens is 6. The first-order chi connectivity index (χ1) is 14.7. The molecule has 0 spiro atoms. The van der Waals surface area contributed by atoms with Crippen LogP contribution in [0.4, 0.5) is 32.0 Å². The van der Waals surface area contributed by atoms with Gasteiger partial charge in [0.1, 0.15) is 11.3 Å². The second-order valence-electron chi connectivity index (χ2n) is 5.87. The maximum Gasteiger partial charge on any atom is 0.534 e. The van der Waals surface area contributed by atoms with Crippen LogP contribution in [0.3, 0.4) is 0 Å². The van der Waals surface area contributed by atoms with Crippen molar-refractivity contribution in [2.45, 2.75) is 18.6 Å². The lowest BCUT2D eigenvalue weighted by Gasteiger charge is -2.17. The summed E-state index contributed by atoms with van der Waals surface area (Å²) in [6.07, 6.45) is -4.94. The zero-order valence-electron chi connectivity index (χ0n) is 15.8. The molecule has 0 radical (unpaired) electrons. The molecule has 0 aromatic heterocycles. The van der Waals surface area contributed by atoms with Gasteiger partial charge in [-0.1, -0.05) is 6.07 Å². The average molecular weight is 482 g/mol. The fourth-order valence-electron chi connectivity index (χ4n) is 2.39. The molecule has 1 amide bonds. The Morgan fingerprint density at radius 2 is 1.72 bits per heavy atom. The summed E-state index contributed by atoms with van der Waals surface area (Å²) in [5.74, 6) is -2.76. The van der Waals surface area contributed by atoms with E-state index in [1.165, 1.54) is 13.0 Å². The summed E-state index contributed by atoms with van der Waals surface area (Å²) in [6, 6.07) is 6.40. The second-order valence-corrected chi connectivity index (χ2v) is 7.41. The lowest BCUT2D eigenvalue weighted by atomic mass is 10.1. The van der Waals surface area contributed by atoms with Gasteiger partial charge in [-0.05, 0) is 37.3 Å². The van der Waals surface area contributed by atoms with Gasteiger partial charge in [0.25, 0.3) is 5.91 Å². The number of rotatable bonds is 6. The van der Waals surface area contributed by atoms with Gasteiger partial charge in [0.15, 0.2) is 5.75 Å². The quantitative estimate of drug-likeness (QED) is 0.370. The van der Waals surface area contributed by atoms with Crippen molar-refractivity contribution in [3.8, 4) is 17.6 Å². The van der Waals surface area contributed by atoms with E-state index >= 15 is 0 Å². The van der Waals surface area contributed by atoms with Crippen molar-refractivity contribution >= 4 is 21.7 Å². The Bertz CT molecular complexity index is 1170. The molecule has 0 saturated heterocycles. The fraction of sp³-hybridized carbons (Fsp3) is 0.222. The average Bonchev–Trinajstić information content (AvgIpc) is 2.66. The van der Waals surface area contributed by atoms with E-state index in [0.717, 1.165) is 30.3 Å². The van der Waals surface area contributed by atoms with E-state index in [9.17, 15) is 39.6 Å². The summed E-state index contributed by atoms with van der Waals surface area (Å²) in [5.41, 5.74) is -9.19. The van der Waals surface area contributed by atoms with Crippen LogP contribution in [0.15, 0.2) is 36.4 Å². The number of benzene rings is 2. The van der Waals surface area contributed by atoms with Crippen LogP contribution in [-0.4, -0.2) is 26.4 Å². The first-order valence-corrected chi connectivity index (χ1v) is 9.81. The van der Waals surface area contributed by atoms with Gasteiger partial charge in [0.05, 0.1) is 23.8 Å². The monoisotopic (exact) mass is 482 g/mol. The minimum atomic E-state index is -6.17. The number of hydrogen-bond acceptors (Lipinski definition) is 6. The third-order valence-corrected chi connectivity index (χ3v) is 4.67. The van der Waals surface area contributed by atoms with Crippen LogP contribution in [0.5, 0.6) is 11.5 Å². The van der Waals surface area contributed by atoms with E-state index in [1.807, 2.05) is 5.32 Å². The van der Waals surface area contributed by atoms with E-state index in [2.05, 4.69) is 4.18 Å². The van der Waals surface area contributed by atoms with Crippen molar-refractivity contribution in [2.75, 3.05) is 11.9 Å². The molecule has 0 saturated carbocycles. The number of amides is 1. The number of nitriles is 1. The third kappa shape index (κ3) is 5.41. The highest BCUT2D eigenvalue weighted by Crippen LogP contribution is 2.36. The van der Waals surface area contributed by atoms with Crippen molar-refractivity contribution in [1.82, 2.24) is 0 Å². The molecule has 172 valence electrons. The molecule has 2 aromatic rings.